The maximum atomic E-state index is 13.0. The minimum absolute atomic E-state index is 0.0116. The summed E-state index contributed by atoms with van der Waals surface area (Å²) in [4.78, 5) is 15.4. The number of fused-ring (bicyclic) bond motifs is 4. The number of benzene rings is 2. The average molecular weight is 474 g/mol. The molecule has 0 saturated carbocycles. The standard InChI is InChI=1S/C28H31N3O4/c1-28(2)17-33-24-15-21(18-3-5-19(6-4-18)23-11-14-34-30-23)7-8-22(24)26(28)29-27(32)35-25-16-31-12-9-20(25)10-13-31/h3-8,11,14-15,20,25-26H,9-10,12-13,16-17H2,1-2H3,(H,29,32)/t25-,26?/m1/s1. The van der Waals surface area contributed by atoms with Gasteiger partial charge >= 0.3 is 6.09 Å². The predicted octanol–water partition coefficient (Wildman–Crippen LogP) is 5.29. The van der Waals surface area contributed by atoms with Crippen LogP contribution in [0.4, 0.5) is 4.79 Å². The first-order valence-electron chi connectivity index (χ1n) is 12.4. The molecule has 3 aromatic rings. The van der Waals surface area contributed by atoms with E-state index in [0.717, 1.165) is 66.2 Å². The van der Waals surface area contributed by atoms with Gasteiger partial charge in [-0.25, -0.2) is 4.79 Å². The van der Waals surface area contributed by atoms with Gasteiger partial charge in [-0.15, -0.1) is 0 Å². The monoisotopic (exact) mass is 473 g/mol. The van der Waals surface area contributed by atoms with E-state index in [1.54, 1.807) is 6.26 Å². The van der Waals surface area contributed by atoms with Crippen LogP contribution in [0, 0.1) is 11.3 Å². The summed E-state index contributed by atoms with van der Waals surface area (Å²) in [5, 5.41) is 7.18. The minimum Gasteiger partial charge on any atom is -0.493 e. The van der Waals surface area contributed by atoms with E-state index < -0.39 is 0 Å². The van der Waals surface area contributed by atoms with Gasteiger partial charge in [0.15, 0.2) is 0 Å². The molecule has 1 unspecified atom stereocenters. The minimum atomic E-state index is -0.331. The van der Waals surface area contributed by atoms with E-state index >= 15 is 0 Å². The van der Waals surface area contributed by atoms with Crippen molar-refractivity contribution in [3.05, 3.63) is 60.4 Å². The number of piperidine rings is 3. The molecule has 2 bridgehead atoms. The van der Waals surface area contributed by atoms with E-state index in [4.69, 9.17) is 14.0 Å². The van der Waals surface area contributed by atoms with Crippen molar-refractivity contribution in [1.82, 2.24) is 15.4 Å². The van der Waals surface area contributed by atoms with Crippen molar-refractivity contribution in [2.45, 2.75) is 38.8 Å². The lowest BCUT2D eigenvalue weighted by atomic mass is 9.78. The van der Waals surface area contributed by atoms with Gasteiger partial charge in [0.1, 0.15) is 23.8 Å². The Morgan fingerprint density at radius 2 is 1.80 bits per heavy atom. The molecule has 1 aromatic heterocycles. The molecular formula is C28H31N3O4. The highest BCUT2D eigenvalue weighted by atomic mass is 16.6. The summed E-state index contributed by atoms with van der Waals surface area (Å²) in [6.45, 7) is 7.84. The number of nitrogens with zero attached hydrogens (tertiary/aromatic N) is 2. The summed E-state index contributed by atoms with van der Waals surface area (Å²) < 4.78 is 17.0. The molecule has 3 saturated heterocycles. The summed E-state index contributed by atoms with van der Waals surface area (Å²) in [7, 11) is 0. The zero-order valence-electron chi connectivity index (χ0n) is 20.2. The van der Waals surface area contributed by atoms with Gasteiger partial charge in [0.2, 0.25) is 0 Å². The lowest BCUT2D eigenvalue weighted by Gasteiger charge is -2.44. The summed E-state index contributed by atoms with van der Waals surface area (Å²) in [5.74, 6) is 1.29. The average Bonchev–Trinajstić information content (AvgIpc) is 3.42. The molecule has 2 aromatic carbocycles. The zero-order chi connectivity index (χ0) is 24.0. The van der Waals surface area contributed by atoms with Gasteiger partial charge in [0.25, 0.3) is 0 Å². The molecular weight excluding hydrogens is 442 g/mol. The number of alkyl carbamates (subject to hydrolysis) is 1. The van der Waals surface area contributed by atoms with Crippen molar-refractivity contribution in [2.75, 3.05) is 26.2 Å². The molecule has 0 spiro atoms. The number of carbonyl (C=O) groups excluding carboxylic acids is 1. The largest absolute Gasteiger partial charge is 0.493 e. The molecule has 3 fully saturated rings. The van der Waals surface area contributed by atoms with Gasteiger partial charge in [0.05, 0.1) is 12.6 Å². The first-order valence-corrected chi connectivity index (χ1v) is 12.4. The second-order valence-electron chi connectivity index (χ2n) is 10.7. The molecule has 1 amide bonds. The number of aromatic nitrogens is 1. The van der Waals surface area contributed by atoms with Crippen molar-refractivity contribution in [3.63, 3.8) is 0 Å². The highest BCUT2D eigenvalue weighted by Gasteiger charge is 2.41. The molecule has 1 N–H and O–H groups in total. The Morgan fingerprint density at radius 1 is 1.06 bits per heavy atom. The maximum absolute atomic E-state index is 13.0. The van der Waals surface area contributed by atoms with Crippen LogP contribution in [0.25, 0.3) is 22.4 Å². The van der Waals surface area contributed by atoms with Gasteiger partial charge in [0, 0.05) is 29.2 Å². The molecule has 7 rings (SSSR count). The molecule has 4 aliphatic heterocycles. The Hall–Kier alpha value is -3.32. The number of carbonyl (C=O) groups is 1. The van der Waals surface area contributed by atoms with Gasteiger partial charge in [-0.3, -0.25) is 4.90 Å². The van der Waals surface area contributed by atoms with Crippen molar-refractivity contribution in [3.8, 4) is 28.1 Å². The SMILES string of the molecule is CC1(C)COc2cc(-c3ccc(-c4ccon4)cc3)ccc2C1NC(=O)O[C@@H]1CN2CCC1CC2. The van der Waals surface area contributed by atoms with Crippen LogP contribution < -0.4 is 10.1 Å². The maximum Gasteiger partial charge on any atom is 0.407 e. The van der Waals surface area contributed by atoms with Crippen LogP contribution >= 0.6 is 0 Å². The third kappa shape index (κ3) is 4.29. The molecule has 2 atom stereocenters. The molecule has 35 heavy (non-hydrogen) atoms. The summed E-state index contributed by atoms with van der Waals surface area (Å²) in [6, 6.07) is 16.1. The normalized spacial score (nSPS) is 26.5. The van der Waals surface area contributed by atoms with Crippen LogP contribution in [0.15, 0.2) is 59.3 Å². The van der Waals surface area contributed by atoms with Crippen LogP contribution in [-0.2, 0) is 4.74 Å². The fourth-order valence-electron chi connectivity index (χ4n) is 5.65. The summed E-state index contributed by atoms with van der Waals surface area (Å²) >= 11 is 0. The highest BCUT2D eigenvalue weighted by Crippen LogP contribution is 2.44. The van der Waals surface area contributed by atoms with Crippen LogP contribution in [0.5, 0.6) is 5.75 Å². The lowest BCUT2D eigenvalue weighted by Crippen LogP contribution is -2.53. The van der Waals surface area contributed by atoms with Gasteiger partial charge in [-0.1, -0.05) is 55.4 Å². The van der Waals surface area contributed by atoms with Crippen molar-refractivity contribution >= 4 is 6.09 Å². The van der Waals surface area contributed by atoms with Crippen LogP contribution in [-0.4, -0.2) is 48.5 Å². The van der Waals surface area contributed by atoms with Crippen LogP contribution in [0.1, 0.15) is 38.3 Å². The van der Waals surface area contributed by atoms with E-state index in [2.05, 4.69) is 59.6 Å². The van der Waals surface area contributed by atoms with Crippen molar-refractivity contribution in [1.29, 1.82) is 0 Å². The van der Waals surface area contributed by atoms with Crippen LogP contribution in [0.3, 0.4) is 0 Å². The van der Waals surface area contributed by atoms with Gasteiger partial charge in [-0.2, -0.15) is 0 Å². The molecule has 182 valence electrons. The Kier molecular flexibility index (Phi) is 5.52. The number of hydrogen-bond acceptors (Lipinski definition) is 6. The molecule has 0 radical (unpaired) electrons. The Bertz CT molecular complexity index is 1200. The fraction of sp³-hybridized carbons (Fsp3) is 0.429. The van der Waals surface area contributed by atoms with E-state index in [0.29, 0.717) is 12.5 Å². The Morgan fingerprint density at radius 3 is 2.49 bits per heavy atom. The second kappa shape index (κ2) is 8.72. The fourth-order valence-corrected chi connectivity index (χ4v) is 5.65. The number of nitrogens with one attached hydrogen (secondary N) is 1. The summed E-state index contributed by atoms with van der Waals surface area (Å²) in [6.07, 6.45) is 3.46. The van der Waals surface area contributed by atoms with E-state index in [1.807, 2.05) is 18.2 Å². The van der Waals surface area contributed by atoms with Gasteiger partial charge in [-0.05, 0) is 49.0 Å². The Labute approximate surface area is 205 Å². The number of ether oxygens (including phenoxy) is 2. The first kappa shape index (κ1) is 22.2. The number of amides is 1. The zero-order valence-corrected chi connectivity index (χ0v) is 20.2. The second-order valence-corrected chi connectivity index (χ2v) is 10.7. The van der Waals surface area contributed by atoms with E-state index in [1.165, 1.54) is 0 Å². The molecule has 5 heterocycles. The molecule has 4 aliphatic rings. The smallest absolute Gasteiger partial charge is 0.407 e. The van der Waals surface area contributed by atoms with E-state index in [-0.39, 0.29) is 23.7 Å². The molecule has 7 heteroatoms. The van der Waals surface area contributed by atoms with E-state index in [9.17, 15) is 4.79 Å². The third-order valence-corrected chi connectivity index (χ3v) is 7.77. The third-order valence-electron chi connectivity index (χ3n) is 7.77. The quantitative estimate of drug-likeness (QED) is 0.555. The van der Waals surface area contributed by atoms with Gasteiger partial charge < -0.3 is 19.3 Å². The molecule has 7 nitrogen and oxygen atoms in total. The first-order chi connectivity index (χ1) is 17.0. The number of hydrogen-bond donors (Lipinski definition) is 1. The van der Waals surface area contributed by atoms with Crippen molar-refractivity contribution in [2.24, 2.45) is 11.3 Å². The van der Waals surface area contributed by atoms with Crippen molar-refractivity contribution < 1.29 is 18.8 Å². The molecule has 0 aliphatic carbocycles. The Balaban J connectivity index is 1.20. The van der Waals surface area contributed by atoms with Crippen LogP contribution in [0.2, 0.25) is 0 Å². The predicted molar refractivity (Wildman–Crippen MR) is 132 cm³/mol. The number of rotatable bonds is 4. The summed E-state index contributed by atoms with van der Waals surface area (Å²) in [5.41, 5.74) is 4.68. The lowest BCUT2D eigenvalue weighted by molar-refractivity contribution is -0.0361. The highest BCUT2D eigenvalue weighted by molar-refractivity contribution is 5.72. The topological polar surface area (TPSA) is 76.8 Å².